The third-order valence-corrected chi connectivity index (χ3v) is 3.69. The van der Waals surface area contributed by atoms with Crippen LogP contribution in [-0.4, -0.2) is 54.8 Å². The fourth-order valence-electron chi connectivity index (χ4n) is 2.15. The lowest BCUT2D eigenvalue weighted by atomic mass is 10.2. The summed E-state index contributed by atoms with van der Waals surface area (Å²) in [4.78, 5) is 26.0. The van der Waals surface area contributed by atoms with Gasteiger partial charge in [0.15, 0.2) is 0 Å². The van der Waals surface area contributed by atoms with Gasteiger partial charge in [-0.3, -0.25) is 9.59 Å². The molecule has 0 aliphatic carbocycles. The molecule has 21 heavy (non-hydrogen) atoms. The van der Waals surface area contributed by atoms with Crippen LogP contribution in [-0.2, 0) is 9.59 Å². The summed E-state index contributed by atoms with van der Waals surface area (Å²) < 4.78 is 13.0. The van der Waals surface area contributed by atoms with Crippen LogP contribution in [0.4, 0.5) is 10.1 Å². The normalized spacial score (nSPS) is 15.0. The van der Waals surface area contributed by atoms with Gasteiger partial charge >= 0.3 is 0 Å². The first-order chi connectivity index (χ1) is 10.1. The summed E-state index contributed by atoms with van der Waals surface area (Å²) >= 11 is 5.68. The number of piperazine rings is 1. The first kappa shape index (κ1) is 15.6. The Morgan fingerprint density at radius 1 is 1.33 bits per heavy atom. The summed E-state index contributed by atoms with van der Waals surface area (Å²) in [6, 6.07) is 4.35. The van der Waals surface area contributed by atoms with Crippen LogP contribution in [0.25, 0.3) is 0 Å². The highest BCUT2D eigenvalue weighted by atomic mass is 35.5. The first-order valence-corrected chi connectivity index (χ1v) is 7.14. The van der Waals surface area contributed by atoms with Crippen LogP contribution in [0.2, 0.25) is 5.02 Å². The Bertz CT molecular complexity index is 519. The average Bonchev–Trinajstić information content (AvgIpc) is 2.51. The van der Waals surface area contributed by atoms with Crippen molar-refractivity contribution in [3.63, 3.8) is 0 Å². The SMILES string of the molecule is O=CN1CCN(C(=O)CCNc2ccc(F)c(Cl)c2)CC1. The topological polar surface area (TPSA) is 52.7 Å². The summed E-state index contributed by atoms with van der Waals surface area (Å²) in [7, 11) is 0. The van der Waals surface area contributed by atoms with Crippen LogP contribution in [0.5, 0.6) is 0 Å². The third-order valence-electron chi connectivity index (χ3n) is 3.40. The van der Waals surface area contributed by atoms with E-state index < -0.39 is 5.82 Å². The lowest BCUT2D eigenvalue weighted by Gasteiger charge is -2.32. The molecule has 1 aromatic rings. The Kier molecular flexibility index (Phi) is 5.38. The van der Waals surface area contributed by atoms with Crippen LogP contribution in [0.3, 0.4) is 0 Å². The highest BCUT2D eigenvalue weighted by Gasteiger charge is 2.19. The van der Waals surface area contributed by atoms with Gasteiger partial charge in [0.05, 0.1) is 5.02 Å². The number of nitrogens with zero attached hydrogens (tertiary/aromatic N) is 2. The maximum Gasteiger partial charge on any atom is 0.224 e. The van der Waals surface area contributed by atoms with Crippen molar-refractivity contribution >= 4 is 29.6 Å². The molecule has 0 atom stereocenters. The Balaban J connectivity index is 1.74. The minimum absolute atomic E-state index is 0.0428. The Labute approximate surface area is 127 Å². The molecule has 0 aromatic heterocycles. The molecule has 1 heterocycles. The quantitative estimate of drug-likeness (QED) is 0.840. The molecular weight excluding hydrogens is 297 g/mol. The maximum absolute atomic E-state index is 13.0. The molecular formula is C14H17ClFN3O2. The van der Waals surface area contributed by atoms with E-state index in [4.69, 9.17) is 11.6 Å². The van der Waals surface area contributed by atoms with Gasteiger partial charge in [-0.2, -0.15) is 0 Å². The van der Waals surface area contributed by atoms with Gasteiger partial charge in [0.25, 0.3) is 0 Å². The van der Waals surface area contributed by atoms with E-state index in [9.17, 15) is 14.0 Å². The van der Waals surface area contributed by atoms with Crippen molar-refractivity contribution in [3.05, 3.63) is 29.0 Å². The van der Waals surface area contributed by atoms with Crippen molar-refractivity contribution in [1.29, 1.82) is 0 Å². The monoisotopic (exact) mass is 313 g/mol. The molecule has 114 valence electrons. The van der Waals surface area contributed by atoms with Crippen LogP contribution in [0.15, 0.2) is 18.2 Å². The number of carbonyl (C=O) groups excluding carboxylic acids is 2. The molecule has 0 bridgehead atoms. The summed E-state index contributed by atoms with van der Waals surface area (Å²) in [5.74, 6) is -0.424. The predicted molar refractivity (Wildman–Crippen MR) is 78.7 cm³/mol. The fraction of sp³-hybridized carbons (Fsp3) is 0.429. The lowest BCUT2D eigenvalue weighted by molar-refractivity contribution is -0.134. The van der Waals surface area contributed by atoms with E-state index in [1.807, 2.05) is 0 Å². The van der Waals surface area contributed by atoms with Gasteiger partial charge in [0.1, 0.15) is 5.82 Å². The van der Waals surface area contributed by atoms with Crippen molar-refractivity contribution in [2.45, 2.75) is 6.42 Å². The zero-order valence-electron chi connectivity index (χ0n) is 11.5. The van der Waals surface area contributed by atoms with Gasteiger partial charge in [-0.15, -0.1) is 0 Å². The van der Waals surface area contributed by atoms with Gasteiger partial charge in [0.2, 0.25) is 12.3 Å². The smallest absolute Gasteiger partial charge is 0.224 e. The molecule has 5 nitrogen and oxygen atoms in total. The Hall–Kier alpha value is -1.82. The van der Waals surface area contributed by atoms with Crippen molar-refractivity contribution in [2.24, 2.45) is 0 Å². The molecule has 1 saturated heterocycles. The fourth-order valence-corrected chi connectivity index (χ4v) is 2.34. The molecule has 1 aliphatic rings. The minimum Gasteiger partial charge on any atom is -0.384 e. The first-order valence-electron chi connectivity index (χ1n) is 6.76. The molecule has 1 aliphatic heterocycles. The number of rotatable bonds is 5. The largest absolute Gasteiger partial charge is 0.384 e. The number of benzene rings is 1. The number of amides is 2. The van der Waals surface area contributed by atoms with E-state index >= 15 is 0 Å². The van der Waals surface area contributed by atoms with Crippen molar-refractivity contribution in [1.82, 2.24) is 9.80 Å². The molecule has 1 aromatic carbocycles. The molecule has 0 radical (unpaired) electrons. The van der Waals surface area contributed by atoms with Crippen molar-refractivity contribution in [2.75, 3.05) is 38.0 Å². The Morgan fingerprint density at radius 3 is 2.67 bits per heavy atom. The lowest BCUT2D eigenvalue weighted by Crippen LogP contribution is -2.48. The van der Waals surface area contributed by atoms with Crippen LogP contribution >= 0.6 is 11.6 Å². The Morgan fingerprint density at radius 2 is 2.05 bits per heavy atom. The van der Waals surface area contributed by atoms with Crippen molar-refractivity contribution < 1.29 is 14.0 Å². The molecule has 0 unspecified atom stereocenters. The number of halogens is 2. The standard InChI is InChI=1S/C14H17ClFN3O2/c15-12-9-11(1-2-13(12)16)17-4-3-14(21)19-7-5-18(10-20)6-8-19/h1-2,9-10,17H,3-8H2. The summed E-state index contributed by atoms with van der Waals surface area (Å²) in [5.41, 5.74) is 0.681. The van der Waals surface area contributed by atoms with Gasteiger partial charge in [-0.25, -0.2) is 4.39 Å². The summed E-state index contributed by atoms with van der Waals surface area (Å²) in [6.07, 6.45) is 1.15. The number of nitrogens with one attached hydrogen (secondary N) is 1. The molecule has 2 amide bonds. The van der Waals surface area contributed by atoms with Gasteiger partial charge < -0.3 is 15.1 Å². The van der Waals surface area contributed by atoms with Gasteiger partial charge in [0, 0.05) is 44.8 Å². The van der Waals surface area contributed by atoms with Crippen LogP contribution < -0.4 is 5.32 Å². The second-order valence-corrected chi connectivity index (χ2v) is 5.24. The highest BCUT2D eigenvalue weighted by Crippen LogP contribution is 2.19. The minimum atomic E-state index is -0.466. The number of hydrogen-bond acceptors (Lipinski definition) is 3. The van der Waals surface area contributed by atoms with Crippen molar-refractivity contribution in [3.8, 4) is 0 Å². The average molecular weight is 314 g/mol. The van der Waals surface area contributed by atoms with E-state index in [0.29, 0.717) is 44.8 Å². The van der Waals surface area contributed by atoms with E-state index in [1.54, 1.807) is 15.9 Å². The third kappa shape index (κ3) is 4.32. The van der Waals surface area contributed by atoms with E-state index in [2.05, 4.69) is 5.32 Å². The number of carbonyl (C=O) groups is 2. The second-order valence-electron chi connectivity index (χ2n) is 4.83. The number of anilines is 1. The molecule has 0 saturated carbocycles. The van der Waals surface area contributed by atoms with Crippen LogP contribution in [0.1, 0.15) is 6.42 Å². The molecule has 0 spiro atoms. The van der Waals surface area contributed by atoms with Gasteiger partial charge in [-0.1, -0.05) is 11.6 Å². The molecule has 7 heteroatoms. The van der Waals surface area contributed by atoms with E-state index in [-0.39, 0.29) is 10.9 Å². The van der Waals surface area contributed by atoms with Crippen LogP contribution in [0, 0.1) is 5.82 Å². The zero-order chi connectivity index (χ0) is 15.2. The zero-order valence-corrected chi connectivity index (χ0v) is 12.3. The maximum atomic E-state index is 13.0. The summed E-state index contributed by atoms with van der Waals surface area (Å²) in [6.45, 7) is 2.75. The number of hydrogen-bond donors (Lipinski definition) is 1. The van der Waals surface area contributed by atoms with E-state index in [1.165, 1.54) is 12.1 Å². The molecule has 1 N–H and O–H groups in total. The second kappa shape index (κ2) is 7.26. The highest BCUT2D eigenvalue weighted by molar-refractivity contribution is 6.31. The van der Waals surface area contributed by atoms with E-state index in [0.717, 1.165) is 6.41 Å². The predicted octanol–water partition coefficient (Wildman–Crippen LogP) is 1.58. The molecule has 2 rings (SSSR count). The molecule has 1 fully saturated rings. The van der Waals surface area contributed by atoms with Gasteiger partial charge in [-0.05, 0) is 18.2 Å². The summed E-state index contributed by atoms with van der Waals surface area (Å²) in [5, 5.41) is 3.09.